The van der Waals surface area contributed by atoms with Crippen molar-refractivity contribution in [2.75, 3.05) is 0 Å². The fraction of sp³-hybridized carbons (Fsp3) is 0. The summed E-state index contributed by atoms with van der Waals surface area (Å²) in [5.74, 6) is -0.119. The molecular formula is C14H10N2O3. The van der Waals surface area contributed by atoms with Crippen molar-refractivity contribution in [2.24, 2.45) is 0 Å². The van der Waals surface area contributed by atoms with Crippen LogP contribution in [0, 0.1) is 0 Å². The Labute approximate surface area is 107 Å². The highest BCUT2D eigenvalue weighted by Crippen LogP contribution is 2.18. The predicted molar refractivity (Wildman–Crippen MR) is 71.8 cm³/mol. The lowest BCUT2D eigenvalue weighted by atomic mass is 10.2. The lowest BCUT2D eigenvalue weighted by Gasteiger charge is -2.06. The monoisotopic (exact) mass is 254 g/mol. The van der Waals surface area contributed by atoms with Gasteiger partial charge in [0.25, 0.3) is 5.56 Å². The molecule has 2 N–H and O–H groups in total. The van der Waals surface area contributed by atoms with Crippen LogP contribution in [0.4, 0.5) is 0 Å². The standard InChI is InChI=1S/C14H10N2O3/c17-11-8-4-7-10-12(11)15-14(19)16(13(10)18)9-5-2-1-3-6-9/h1-8,17H,(H,15,19). The number of benzene rings is 2. The number of phenolic OH excluding ortho intramolecular Hbond substituents is 1. The van der Waals surface area contributed by atoms with Crippen LogP contribution in [0.1, 0.15) is 0 Å². The molecule has 0 radical (unpaired) electrons. The first-order valence-corrected chi connectivity index (χ1v) is 5.71. The quantitative estimate of drug-likeness (QED) is 0.689. The van der Waals surface area contributed by atoms with E-state index in [4.69, 9.17) is 0 Å². The topological polar surface area (TPSA) is 75.1 Å². The third-order valence-corrected chi connectivity index (χ3v) is 2.93. The molecule has 0 saturated carbocycles. The molecule has 3 rings (SSSR count). The van der Waals surface area contributed by atoms with Crippen LogP contribution in [0.3, 0.4) is 0 Å². The van der Waals surface area contributed by atoms with Gasteiger partial charge in [-0.1, -0.05) is 24.3 Å². The Kier molecular flexibility index (Phi) is 2.45. The minimum atomic E-state index is -0.579. The highest BCUT2D eigenvalue weighted by molar-refractivity contribution is 5.83. The number of hydrogen-bond acceptors (Lipinski definition) is 3. The molecule has 0 aliphatic heterocycles. The number of phenols is 1. The summed E-state index contributed by atoms with van der Waals surface area (Å²) in [5, 5.41) is 9.93. The Balaban J connectivity index is 2.47. The van der Waals surface area contributed by atoms with Crippen molar-refractivity contribution in [1.29, 1.82) is 0 Å². The molecule has 0 spiro atoms. The van der Waals surface area contributed by atoms with Gasteiger partial charge in [0.2, 0.25) is 0 Å². The van der Waals surface area contributed by atoms with Crippen molar-refractivity contribution in [3.63, 3.8) is 0 Å². The van der Waals surface area contributed by atoms with Gasteiger partial charge in [-0.2, -0.15) is 0 Å². The second-order valence-corrected chi connectivity index (χ2v) is 4.11. The predicted octanol–water partition coefficient (Wildman–Crippen LogP) is 1.38. The average Bonchev–Trinajstić information content (AvgIpc) is 2.41. The molecule has 0 fully saturated rings. The molecule has 0 saturated heterocycles. The van der Waals surface area contributed by atoms with Crippen molar-refractivity contribution >= 4 is 10.9 Å². The molecule has 0 bridgehead atoms. The number of aromatic hydroxyl groups is 1. The van der Waals surface area contributed by atoms with Gasteiger partial charge < -0.3 is 10.1 Å². The number of rotatable bonds is 1. The van der Waals surface area contributed by atoms with Crippen LogP contribution in [0.2, 0.25) is 0 Å². The maximum Gasteiger partial charge on any atom is 0.333 e. The zero-order valence-corrected chi connectivity index (χ0v) is 9.83. The van der Waals surface area contributed by atoms with Crippen LogP contribution >= 0.6 is 0 Å². The molecule has 0 atom stereocenters. The molecular weight excluding hydrogens is 244 g/mol. The highest BCUT2D eigenvalue weighted by atomic mass is 16.3. The van der Waals surface area contributed by atoms with E-state index in [0.717, 1.165) is 4.57 Å². The van der Waals surface area contributed by atoms with Gasteiger partial charge in [0.05, 0.1) is 16.6 Å². The third-order valence-electron chi connectivity index (χ3n) is 2.93. The van der Waals surface area contributed by atoms with E-state index in [2.05, 4.69) is 4.98 Å². The summed E-state index contributed by atoms with van der Waals surface area (Å²) < 4.78 is 1.04. The first kappa shape index (κ1) is 11.3. The minimum absolute atomic E-state index is 0.119. The average molecular weight is 254 g/mol. The normalized spacial score (nSPS) is 10.7. The van der Waals surface area contributed by atoms with E-state index >= 15 is 0 Å². The van der Waals surface area contributed by atoms with Crippen molar-refractivity contribution in [3.05, 3.63) is 69.4 Å². The maximum absolute atomic E-state index is 12.3. The zero-order valence-electron chi connectivity index (χ0n) is 9.83. The van der Waals surface area contributed by atoms with Gasteiger partial charge in [0.1, 0.15) is 5.75 Å². The molecule has 5 nitrogen and oxygen atoms in total. The second-order valence-electron chi connectivity index (χ2n) is 4.11. The Hall–Kier alpha value is -2.82. The van der Waals surface area contributed by atoms with E-state index < -0.39 is 11.2 Å². The van der Waals surface area contributed by atoms with E-state index in [0.29, 0.717) is 5.69 Å². The Bertz CT molecular complexity index is 863. The SMILES string of the molecule is O=c1[nH]c2c(O)cccc2c(=O)n1-c1ccccc1. The summed E-state index contributed by atoms with van der Waals surface area (Å²) in [6, 6.07) is 13.2. The summed E-state index contributed by atoms with van der Waals surface area (Å²) in [5.41, 5.74) is -0.394. The summed E-state index contributed by atoms with van der Waals surface area (Å²) >= 11 is 0. The van der Waals surface area contributed by atoms with Crippen LogP contribution in [-0.4, -0.2) is 14.7 Å². The first-order valence-electron chi connectivity index (χ1n) is 5.71. The fourth-order valence-corrected chi connectivity index (χ4v) is 2.04. The lowest BCUT2D eigenvalue weighted by molar-refractivity contribution is 0.480. The summed E-state index contributed by atoms with van der Waals surface area (Å²) in [4.78, 5) is 26.9. The Morgan fingerprint density at radius 2 is 1.68 bits per heavy atom. The van der Waals surface area contributed by atoms with E-state index in [-0.39, 0.29) is 16.7 Å². The van der Waals surface area contributed by atoms with Gasteiger partial charge in [-0.05, 0) is 24.3 Å². The second kappa shape index (κ2) is 4.13. The van der Waals surface area contributed by atoms with Gasteiger partial charge in [0.15, 0.2) is 0 Å². The summed E-state index contributed by atoms with van der Waals surface area (Å²) in [7, 11) is 0. The largest absolute Gasteiger partial charge is 0.506 e. The van der Waals surface area contributed by atoms with E-state index in [1.807, 2.05) is 0 Å². The molecule has 5 heteroatoms. The molecule has 94 valence electrons. The first-order chi connectivity index (χ1) is 9.18. The molecule has 1 aromatic heterocycles. The van der Waals surface area contributed by atoms with Crippen LogP contribution in [0.25, 0.3) is 16.6 Å². The third kappa shape index (κ3) is 1.72. The van der Waals surface area contributed by atoms with Crippen molar-refractivity contribution in [1.82, 2.24) is 9.55 Å². The van der Waals surface area contributed by atoms with E-state index in [1.165, 1.54) is 6.07 Å². The zero-order chi connectivity index (χ0) is 13.4. The lowest BCUT2D eigenvalue weighted by Crippen LogP contribution is -2.33. The number of aromatic nitrogens is 2. The molecule has 0 aliphatic carbocycles. The number of para-hydroxylation sites is 2. The molecule has 19 heavy (non-hydrogen) atoms. The molecule has 0 unspecified atom stereocenters. The highest BCUT2D eigenvalue weighted by Gasteiger charge is 2.10. The van der Waals surface area contributed by atoms with Gasteiger partial charge >= 0.3 is 5.69 Å². The molecule has 3 aromatic rings. The van der Waals surface area contributed by atoms with Crippen molar-refractivity contribution in [3.8, 4) is 11.4 Å². The number of nitrogens with one attached hydrogen (secondary N) is 1. The van der Waals surface area contributed by atoms with Gasteiger partial charge in [0, 0.05) is 0 Å². The smallest absolute Gasteiger partial charge is 0.333 e. The van der Waals surface area contributed by atoms with Gasteiger partial charge in [-0.15, -0.1) is 0 Å². The summed E-state index contributed by atoms with van der Waals surface area (Å²) in [6.45, 7) is 0. The van der Waals surface area contributed by atoms with E-state index in [9.17, 15) is 14.7 Å². The molecule has 0 amide bonds. The number of aromatic amines is 1. The Morgan fingerprint density at radius 3 is 2.42 bits per heavy atom. The van der Waals surface area contributed by atoms with Gasteiger partial charge in [-0.25, -0.2) is 9.36 Å². The molecule has 0 aliphatic rings. The number of H-pyrrole nitrogens is 1. The van der Waals surface area contributed by atoms with Crippen LogP contribution < -0.4 is 11.2 Å². The minimum Gasteiger partial charge on any atom is -0.506 e. The fourth-order valence-electron chi connectivity index (χ4n) is 2.04. The molecule has 2 aromatic carbocycles. The van der Waals surface area contributed by atoms with E-state index in [1.54, 1.807) is 42.5 Å². The number of hydrogen-bond donors (Lipinski definition) is 2. The molecule has 1 heterocycles. The van der Waals surface area contributed by atoms with Crippen molar-refractivity contribution in [2.45, 2.75) is 0 Å². The van der Waals surface area contributed by atoms with Crippen LogP contribution in [0.15, 0.2) is 58.1 Å². The maximum atomic E-state index is 12.3. The van der Waals surface area contributed by atoms with Crippen molar-refractivity contribution < 1.29 is 5.11 Å². The summed E-state index contributed by atoms with van der Waals surface area (Å²) in [6.07, 6.45) is 0. The van der Waals surface area contributed by atoms with Crippen LogP contribution in [0.5, 0.6) is 5.75 Å². The van der Waals surface area contributed by atoms with Crippen LogP contribution in [-0.2, 0) is 0 Å². The number of fused-ring (bicyclic) bond motifs is 1. The Morgan fingerprint density at radius 1 is 0.947 bits per heavy atom. The van der Waals surface area contributed by atoms with Gasteiger partial charge in [-0.3, -0.25) is 4.79 Å². The number of nitrogens with zero attached hydrogens (tertiary/aromatic N) is 1.